The normalized spacial score (nSPS) is 12.0. The molecule has 29 heavy (non-hydrogen) atoms. The van der Waals surface area contributed by atoms with Crippen LogP contribution in [0.5, 0.6) is 0 Å². The average molecular weight is 436 g/mol. The predicted molar refractivity (Wildman–Crippen MR) is 111 cm³/mol. The molecule has 148 valence electrons. The molecule has 0 unspecified atom stereocenters. The van der Waals surface area contributed by atoms with E-state index in [9.17, 15) is 18.0 Å². The monoisotopic (exact) mass is 435 g/mol. The highest BCUT2D eigenvalue weighted by atomic mass is 35.5. The zero-order valence-electron chi connectivity index (χ0n) is 14.8. The number of alkyl halides is 3. The van der Waals surface area contributed by atoms with Crippen LogP contribution < -0.4 is 5.32 Å². The lowest BCUT2D eigenvalue weighted by molar-refractivity contribution is -0.137. The molecule has 2 nitrogen and oxygen atoms in total. The highest BCUT2D eigenvalue weighted by Gasteiger charge is 2.31. The summed E-state index contributed by atoms with van der Waals surface area (Å²) in [6.07, 6.45) is -2.98. The lowest BCUT2D eigenvalue weighted by Crippen LogP contribution is -2.15. The highest BCUT2D eigenvalue weighted by Crippen LogP contribution is 2.34. The first kappa shape index (κ1) is 21.0. The Morgan fingerprint density at radius 3 is 2.17 bits per heavy atom. The summed E-state index contributed by atoms with van der Waals surface area (Å²) in [7, 11) is 0. The summed E-state index contributed by atoms with van der Waals surface area (Å²) in [5, 5.41) is 2.91. The molecule has 0 aromatic heterocycles. The Kier molecular flexibility index (Phi) is 6.30. The molecule has 1 amide bonds. The molecule has 0 spiro atoms. The predicted octanol–water partition coefficient (Wildman–Crippen LogP) is 7.19. The second kappa shape index (κ2) is 8.72. The van der Waals surface area contributed by atoms with E-state index in [1.165, 1.54) is 0 Å². The molecule has 7 heteroatoms. The zero-order valence-corrected chi connectivity index (χ0v) is 16.3. The highest BCUT2D eigenvalue weighted by molar-refractivity contribution is 6.36. The molecule has 0 radical (unpaired) electrons. The summed E-state index contributed by atoms with van der Waals surface area (Å²) in [5.41, 5.74) is 0.361. The van der Waals surface area contributed by atoms with E-state index in [-0.39, 0.29) is 16.3 Å². The number of nitrogens with one attached hydrogen (secondary N) is 1. The second-order valence-corrected chi connectivity index (χ2v) is 6.91. The van der Waals surface area contributed by atoms with Crippen molar-refractivity contribution in [2.24, 2.45) is 0 Å². The van der Waals surface area contributed by atoms with E-state index in [4.69, 9.17) is 23.2 Å². The van der Waals surface area contributed by atoms with Crippen LogP contribution in [0.2, 0.25) is 10.0 Å². The Balaban J connectivity index is 2.02. The molecule has 0 saturated carbocycles. The third-order valence-corrected chi connectivity index (χ3v) is 4.75. The summed E-state index contributed by atoms with van der Waals surface area (Å²) in [6.45, 7) is 0. The van der Waals surface area contributed by atoms with Gasteiger partial charge in [-0.15, -0.1) is 0 Å². The van der Waals surface area contributed by atoms with Gasteiger partial charge in [-0.1, -0.05) is 71.7 Å². The van der Waals surface area contributed by atoms with Gasteiger partial charge in [0.05, 0.1) is 16.3 Å². The fourth-order valence-corrected chi connectivity index (χ4v) is 2.99. The number of carbonyl (C=O) groups excluding carboxylic acids is 1. The third kappa shape index (κ3) is 5.19. The lowest BCUT2D eigenvalue weighted by Gasteiger charge is -2.14. The van der Waals surface area contributed by atoms with Crippen LogP contribution in [0.3, 0.4) is 0 Å². The van der Waals surface area contributed by atoms with Gasteiger partial charge in [-0.3, -0.25) is 4.79 Å². The second-order valence-electron chi connectivity index (χ2n) is 6.09. The van der Waals surface area contributed by atoms with Crippen LogP contribution in [0.4, 0.5) is 18.9 Å². The minimum absolute atomic E-state index is 0.00324. The number of carbonyl (C=O) groups is 1. The van der Waals surface area contributed by atoms with Crippen molar-refractivity contribution >= 4 is 46.4 Å². The molecule has 0 atom stereocenters. The van der Waals surface area contributed by atoms with E-state index in [0.29, 0.717) is 16.1 Å². The maximum atomic E-state index is 13.0. The van der Waals surface area contributed by atoms with Crippen LogP contribution >= 0.6 is 23.2 Å². The van der Waals surface area contributed by atoms with E-state index in [1.54, 1.807) is 60.7 Å². The molecule has 0 heterocycles. The summed E-state index contributed by atoms with van der Waals surface area (Å²) < 4.78 is 39.0. The molecular weight excluding hydrogens is 422 g/mol. The molecule has 3 aromatic carbocycles. The van der Waals surface area contributed by atoms with Crippen molar-refractivity contribution in [1.82, 2.24) is 0 Å². The molecule has 0 fully saturated rings. The number of rotatable bonds is 4. The molecule has 0 aliphatic heterocycles. The summed E-state index contributed by atoms with van der Waals surface area (Å²) in [6, 6.07) is 18.4. The molecule has 3 rings (SSSR count). The smallest absolute Gasteiger partial charge is 0.321 e. The number of hydrogen-bond donors (Lipinski definition) is 1. The number of hydrogen-bond acceptors (Lipinski definition) is 1. The molecule has 1 N–H and O–H groups in total. The van der Waals surface area contributed by atoms with Crippen LogP contribution in [-0.4, -0.2) is 5.91 Å². The SMILES string of the molecule is O=C(Nc1cc(C(F)(F)F)ccc1Cl)/C(=C/c1ccccc1Cl)c1ccccc1. The van der Waals surface area contributed by atoms with Crippen LogP contribution in [0.25, 0.3) is 11.6 Å². The summed E-state index contributed by atoms with van der Waals surface area (Å²) in [5.74, 6) is -0.614. The van der Waals surface area contributed by atoms with Gasteiger partial charge in [-0.2, -0.15) is 13.2 Å². The Hall–Kier alpha value is -2.76. The zero-order chi connectivity index (χ0) is 21.0. The van der Waals surface area contributed by atoms with Crippen molar-refractivity contribution in [2.75, 3.05) is 5.32 Å². The van der Waals surface area contributed by atoms with Gasteiger partial charge in [0.1, 0.15) is 0 Å². The van der Waals surface area contributed by atoms with Crippen LogP contribution in [-0.2, 0) is 11.0 Å². The van der Waals surface area contributed by atoms with E-state index >= 15 is 0 Å². The van der Waals surface area contributed by atoms with Crippen molar-refractivity contribution in [3.63, 3.8) is 0 Å². The Labute approximate surface area is 175 Å². The van der Waals surface area contributed by atoms with E-state index in [0.717, 1.165) is 18.2 Å². The first-order valence-corrected chi connectivity index (χ1v) is 9.21. The Morgan fingerprint density at radius 2 is 1.52 bits per heavy atom. The first-order chi connectivity index (χ1) is 13.8. The van der Waals surface area contributed by atoms with Gasteiger partial charge in [0.25, 0.3) is 5.91 Å². The van der Waals surface area contributed by atoms with E-state index in [2.05, 4.69) is 5.32 Å². The Morgan fingerprint density at radius 1 is 0.862 bits per heavy atom. The van der Waals surface area contributed by atoms with Gasteiger partial charge in [-0.25, -0.2) is 0 Å². The fourth-order valence-electron chi connectivity index (χ4n) is 2.63. The van der Waals surface area contributed by atoms with Gasteiger partial charge in [0, 0.05) is 10.6 Å². The fraction of sp³-hybridized carbons (Fsp3) is 0.0455. The third-order valence-electron chi connectivity index (χ3n) is 4.08. The van der Waals surface area contributed by atoms with Gasteiger partial charge >= 0.3 is 6.18 Å². The summed E-state index contributed by atoms with van der Waals surface area (Å²) in [4.78, 5) is 13.0. The van der Waals surface area contributed by atoms with Crippen molar-refractivity contribution in [3.05, 3.63) is 99.5 Å². The number of halogens is 5. The quantitative estimate of drug-likeness (QED) is 0.340. The van der Waals surface area contributed by atoms with Gasteiger partial charge in [0.15, 0.2) is 0 Å². The van der Waals surface area contributed by atoms with Crippen LogP contribution in [0.15, 0.2) is 72.8 Å². The van der Waals surface area contributed by atoms with Gasteiger partial charge in [-0.05, 0) is 41.5 Å². The molecule has 0 aliphatic rings. The van der Waals surface area contributed by atoms with Crippen molar-refractivity contribution in [2.45, 2.75) is 6.18 Å². The maximum Gasteiger partial charge on any atom is 0.416 e. The van der Waals surface area contributed by atoms with Crippen molar-refractivity contribution in [3.8, 4) is 0 Å². The minimum Gasteiger partial charge on any atom is -0.321 e. The maximum absolute atomic E-state index is 13.0. The molecule has 0 aliphatic carbocycles. The standard InChI is InChI=1S/C22H14Cl2F3NO/c23-18-9-5-4-8-15(18)12-17(14-6-2-1-3-7-14)21(29)28-20-13-16(22(25,26)27)10-11-19(20)24/h1-13H,(H,28,29)/b17-12+. The number of anilines is 1. The number of benzene rings is 3. The van der Waals surface area contributed by atoms with E-state index < -0.39 is 17.6 Å². The molecule has 3 aromatic rings. The number of amides is 1. The van der Waals surface area contributed by atoms with Crippen molar-refractivity contribution in [1.29, 1.82) is 0 Å². The molecular formula is C22H14Cl2F3NO. The van der Waals surface area contributed by atoms with Crippen LogP contribution in [0, 0.1) is 0 Å². The van der Waals surface area contributed by atoms with Crippen molar-refractivity contribution < 1.29 is 18.0 Å². The molecule has 0 bridgehead atoms. The largest absolute Gasteiger partial charge is 0.416 e. The average Bonchev–Trinajstić information content (AvgIpc) is 2.68. The van der Waals surface area contributed by atoms with E-state index in [1.807, 2.05) is 0 Å². The topological polar surface area (TPSA) is 29.1 Å². The minimum atomic E-state index is -4.56. The Bertz CT molecular complexity index is 1060. The lowest BCUT2D eigenvalue weighted by atomic mass is 10.0. The van der Waals surface area contributed by atoms with Crippen LogP contribution in [0.1, 0.15) is 16.7 Å². The van der Waals surface area contributed by atoms with Gasteiger partial charge in [0.2, 0.25) is 0 Å². The summed E-state index contributed by atoms with van der Waals surface area (Å²) >= 11 is 12.2. The molecule has 0 saturated heterocycles. The van der Waals surface area contributed by atoms with Gasteiger partial charge < -0.3 is 5.32 Å². The first-order valence-electron chi connectivity index (χ1n) is 8.45.